The average Bonchev–Trinajstić information content (AvgIpc) is 2.82. The summed E-state index contributed by atoms with van der Waals surface area (Å²) in [6.45, 7) is 4.41. The van der Waals surface area contributed by atoms with Gasteiger partial charge in [-0.25, -0.2) is 12.8 Å². The number of amides is 2. The molecule has 0 bridgehead atoms. The van der Waals surface area contributed by atoms with E-state index < -0.39 is 16.1 Å². The first-order valence-corrected chi connectivity index (χ1v) is 13.4. The van der Waals surface area contributed by atoms with Crippen LogP contribution in [0.25, 0.3) is 0 Å². The number of anilines is 1. The van der Waals surface area contributed by atoms with E-state index in [0.29, 0.717) is 30.0 Å². The van der Waals surface area contributed by atoms with Gasteiger partial charge in [-0.15, -0.1) is 0 Å². The Kier molecular flexibility index (Phi) is 10.5. The summed E-state index contributed by atoms with van der Waals surface area (Å²) in [5, 5.41) is 2.58. The molecule has 8 nitrogen and oxygen atoms in total. The molecule has 192 valence electrons. The molecule has 0 unspecified atom stereocenters. The number of ether oxygens (including phenoxy) is 1. The maximum Gasteiger partial charge on any atom is 0.242 e. The standard InChI is InChI=1S/C25H34FN3O5S/c1-5-23(25(31)27-3)28(18-19-9-11-20(26)12-10-19)24(30)8-7-17-29(35(4,32)33)21-13-15-22(16-14-21)34-6-2/h9-16,23H,5-8,17-18H2,1-4H3,(H,27,31)/t23-/m0/s1. The fourth-order valence-corrected chi connectivity index (χ4v) is 4.72. The van der Waals surface area contributed by atoms with Crippen LogP contribution in [0.5, 0.6) is 5.75 Å². The number of carbonyl (C=O) groups excluding carboxylic acids is 2. The summed E-state index contributed by atoms with van der Waals surface area (Å²) < 4.78 is 44.8. The van der Waals surface area contributed by atoms with E-state index in [1.165, 1.54) is 28.4 Å². The Hall–Kier alpha value is -3.14. The van der Waals surface area contributed by atoms with Crippen LogP contribution in [0, 0.1) is 5.82 Å². The van der Waals surface area contributed by atoms with Crippen LogP contribution in [0.4, 0.5) is 10.1 Å². The molecule has 2 aromatic carbocycles. The van der Waals surface area contributed by atoms with Crippen LogP contribution in [-0.2, 0) is 26.2 Å². The normalized spacial score (nSPS) is 12.0. The van der Waals surface area contributed by atoms with Gasteiger partial charge < -0.3 is 15.0 Å². The van der Waals surface area contributed by atoms with Crippen LogP contribution >= 0.6 is 0 Å². The zero-order valence-electron chi connectivity index (χ0n) is 20.7. The Labute approximate surface area is 207 Å². The number of nitrogens with zero attached hydrogens (tertiary/aromatic N) is 2. The predicted molar refractivity (Wildman–Crippen MR) is 134 cm³/mol. The molecule has 0 saturated carbocycles. The van der Waals surface area contributed by atoms with Gasteiger partial charge in [0.15, 0.2) is 0 Å². The fourth-order valence-electron chi connectivity index (χ4n) is 3.75. The van der Waals surface area contributed by atoms with Crippen LogP contribution in [0.1, 0.15) is 38.7 Å². The molecule has 10 heteroatoms. The number of hydrogen-bond donors (Lipinski definition) is 1. The van der Waals surface area contributed by atoms with Crippen LogP contribution < -0.4 is 14.4 Å². The van der Waals surface area contributed by atoms with Crippen molar-refractivity contribution in [1.82, 2.24) is 10.2 Å². The molecule has 0 aliphatic rings. The molecule has 1 N–H and O–H groups in total. The second-order valence-corrected chi connectivity index (χ2v) is 9.96. The number of halogens is 1. The zero-order valence-corrected chi connectivity index (χ0v) is 21.5. The minimum absolute atomic E-state index is 0.0394. The highest BCUT2D eigenvalue weighted by Crippen LogP contribution is 2.23. The highest BCUT2D eigenvalue weighted by atomic mass is 32.2. The number of likely N-dealkylation sites (N-methyl/N-ethyl adjacent to an activating group) is 1. The lowest BCUT2D eigenvalue weighted by Crippen LogP contribution is -2.48. The number of nitrogens with one attached hydrogen (secondary N) is 1. The predicted octanol–water partition coefficient (Wildman–Crippen LogP) is 3.32. The van der Waals surface area contributed by atoms with E-state index in [4.69, 9.17) is 4.74 Å². The molecule has 0 spiro atoms. The number of sulfonamides is 1. The van der Waals surface area contributed by atoms with Crippen molar-refractivity contribution in [1.29, 1.82) is 0 Å². The van der Waals surface area contributed by atoms with Crippen LogP contribution in [-0.4, -0.2) is 57.6 Å². The highest BCUT2D eigenvalue weighted by Gasteiger charge is 2.28. The van der Waals surface area contributed by atoms with Crippen molar-refractivity contribution in [2.45, 2.75) is 45.7 Å². The molecule has 2 amide bonds. The van der Waals surface area contributed by atoms with Crippen molar-refractivity contribution in [2.75, 3.05) is 30.8 Å². The summed E-state index contributed by atoms with van der Waals surface area (Å²) in [7, 11) is -2.08. The molecule has 0 aromatic heterocycles. The van der Waals surface area contributed by atoms with Crippen LogP contribution in [0.3, 0.4) is 0 Å². The Balaban J connectivity index is 2.16. The highest BCUT2D eigenvalue weighted by molar-refractivity contribution is 7.92. The van der Waals surface area contributed by atoms with Gasteiger partial charge in [0.2, 0.25) is 21.8 Å². The van der Waals surface area contributed by atoms with E-state index in [-0.39, 0.29) is 43.6 Å². The smallest absolute Gasteiger partial charge is 0.242 e. The van der Waals surface area contributed by atoms with Crippen molar-refractivity contribution in [3.63, 3.8) is 0 Å². The largest absolute Gasteiger partial charge is 0.494 e. The molecule has 35 heavy (non-hydrogen) atoms. The zero-order chi connectivity index (χ0) is 26.0. The molecule has 0 heterocycles. The lowest BCUT2D eigenvalue weighted by molar-refractivity contribution is -0.141. The van der Waals surface area contributed by atoms with E-state index in [1.807, 2.05) is 13.8 Å². The van der Waals surface area contributed by atoms with Crippen LogP contribution in [0.2, 0.25) is 0 Å². The molecule has 2 aromatic rings. The molecule has 0 radical (unpaired) electrons. The van der Waals surface area contributed by atoms with Crippen molar-refractivity contribution in [3.05, 3.63) is 59.9 Å². The summed E-state index contributed by atoms with van der Waals surface area (Å²) in [4.78, 5) is 27.1. The minimum atomic E-state index is -3.58. The average molecular weight is 508 g/mol. The Morgan fingerprint density at radius 2 is 1.69 bits per heavy atom. The van der Waals surface area contributed by atoms with Gasteiger partial charge in [-0.2, -0.15) is 0 Å². The first kappa shape index (κ1) is 28.1. The lowest BCUT2D eigenvalue weighted by atomic mass is 10.1. The number of rotatable bonds is 13. The van der Waals surface area contributed by atoms with Crippen LogP contribution in [0.15, 0.2) is 48.5 Å². The monoisotopic (exact) mass is 507 g/mol. The Bertz CT molecular complexity index is 1080. The van der Waals surface area contributed by atoms with Gasteiger partial charge in [-0.3, -0.25) is 13.9 Å². The van der Waals surface area contributed by atoms with Gasteiger partial charge in [0.25, 0.3) is 0 Å². The van der Waals surface area contributed by atoms with E-state index >= 15 is 0 Å². The molecule has 0 saturated heterocycles. The maximum absolute atomic E-state index is 13.3. The SMILES string of the molecule is CCOc1ccc(N(CCCC(=O)N(Cc2ccc(F)cc2)[C@@H](CC)C(=O)NC)S(C)(=O)=O)cc1. The summed E-state index contributed by atoms with van der Waals surface area (Å²) in [5.74, 6) is -0.337. The number of hydrogen-bond acceptors (Lipinski definition) is 5. The van der Waals surface area contributed by atoms with Gasteiger partial charge in [-0.05, 0) is 61.7 Å². The third-order valence-electron chi connectivity index (χ3n) is 5.49. The number of benzene rings is 2. The molecular weight excluding hydrogens is 473 g/mol. The quantitative estimate of drug-likeness (QED) is 0.449. The fraction of sp³-hybridized carbons (Fsp3) is 0.440. The first-order chi connectivity index (χ1) is 16.6. The molecule has 1 atom stereocenters. The Morgan fingerprint density at radius 1 is 1.06 bits per heavy atom. The second-order valence-electron chi connectivity index (χ2n) is 8.05. The van der Waals surface area contributed by atoms with Crippen molar-refractivity contribution >= 4 is 27.5 Å². The summed E-state index contributed by atoms with van der Waals surface area (Å²) in [6, 6.07) is 11.8. The molecule has 0 aliphatic heterocycles. The Morgan fingerprint density at radius 3 is 2.20 bits per heavy atom. The lowest BCUT2D eigenvalue weighted by Gasteiger charge is -2.30. The summed E-state index contributed by atoms with van der Waals surface area (Å²) >= 11 is 0. The van der Waals surface area contributed by atoms with E-state index in [9.17, 15) is 22.4 Å². The van der Waals surface area contributed by atoms with Gasteiger partial charge in [0.05, 0.1) is 18.6 Å². The second kappa shape index (κ2) is 13.1. The van der Waals surface area contributed by atoms with E-state index in [2.05, 4.69) is 5.32 Å². The molecule has 2 rings (SSSR count). The van der Waals surface area contributed by atoms with Crippen molar-refractivity contribution in [3.8, 4) is 5.75 Å². The molecule has 0 fully saturated rings. The van der Waals surface area contributed by atoms with Crippen molar-refractivity contribution in [2.24, 2.45) is 0 Å². The van der Waals surface area contributed by atoms with Gasteiger partial charge in [-0.1, -0.05) is 19.1 Å². The van der Waals surface area contributed by atoms with Crippen molar-refractivity contribution < 1.29 is 27.1 Å². The van der Waals surface area contributed by atoms with Gasteiger partial charge in [0.1, 0.15) is 17.6 Å². The van der Waals surface area contributed by atoms with Gasteiger partial charge >= 0.3 is 0 Å². The molecule has 0 aliphatic carbocycles. The summed E-state index contributed by atoms with van der Waals surface area (Å²) in [6.07, 6.45) is 1.81. The van der Waals surface area contributed by atoms with E-state index in [1.54, 1.807) is 36.4 Å². The number of carbonyl (C=O) groups is 2. The maximum atomic E-state index is 13.3. The third-order valence-corrected chi connectivity index (χ3v) is 6.68. The minimum Gasteiger partial charge on any atom is -0.494 e. The first-order valence-electron chi connectivity index (χ1n) is 11.6. The van der Waals surface area contributed by atoms with E-state index in [0.717, 1.165) is 6.26 Å². The topological polar surface area (TPSA) is 96.0 Å². The third kappa shape index (κ3) is 8.24. The van der Waals surface area contributed by atoms with Gasteiger partial charge in [0, 0.05) is 26.6 Å². The molecular formula is C25H34FN3O5S. The summed E-state index contributed by atoms with van der Waals surface area (Å²) in [5.41, 5.74) is 1.16.